The lowest BCUT2D eigenvalue weighted by molar-refractivity contribution is 0.0940. The van der Waals surface area contributed by atoms with Crippen LogP contribution in [0, 0.1) is 11.7 Å². The van der Waals surface area contributed by atoms with Gasteiger partial charge in [-0.15, -0.1) is 0 Å². The summed E-state index contributed by atoms with van der Waals surface area (Å²) in [6.45, 7) is 4.48. The topological polar surface area (TPSA) is 91.6 Å². The minimum atomic E-state index is -0.848. The van der Waals surface area contributed by atoms with Crippen LogP contribution in [0.4, 0.5) is 4.39 Å². The molecule has 0 radical (unpaired) electrons. The molecule has 0 bridgehead atoms. The molecule has 1 unspecified atom stereocenters. The van der Waals surface area contributed by atoms with E-state index in [1.165, 1.54) is 48.7 Å². The van der Waals surface area contributed by atoms with Crippen LogP contribution in [0.3, 0.4) is 0 Å². The van der Waals surface area contributed by atoms with Crippen molar-refractivity contribution in [1.29, 1.82) is 0 Å². The molecule has 3 N–H and O–H groups in total. The molecule has 0 spiro atoms. The van der Waals surface area contributed by atoms with E-state index in [1.807, 2.05) is 19.9 Å². The molecule has 1 atom stereocenters. The molecular formula is C27H25FN2O4. The molecule has 0 aliphatic heterocycles. The number of fused-ring (bicyclic) bond motifs is 1. The number of furan rings is 1. The normalized spacial score (nSPS) is 12.0. The third-order valence-corrected chi connectivity index (χ3v) is 5.48. The number of hydrogen-bond acceptors (Lipinski definition) is 4. The Morgan fingerprint density at radius 1 is 1.00 bits per heavy atom. The van der Waals surface area contributed by atoms with E-state index in [2.05, 4.69) is 10.6 Å². The van der Waals surface area contributed by atoms with Crippen LogP contribution in [0.25, 0.3) is 11.0 Å². The van der Waals surface area contributed by atoms with Crippen molar-refractivity contribution in [2.75, 3.05) is 6.54 Å². The van der Waals surface area contributed by atoms with Crippen molar-refractivity contribution in [2.24, 2.45) is 5.92 Å². The fourth-order valence-corrected chi connectivity index (χ4v) is 3.68. The molecule has 7 heteroatoms. The van der Waals surface area contributed by atoms with Gasteiger partial charge in [0.25, 0.3) is 11.8 Å². The Hall–Kier alpha value is -4.13. The van der Waals surface area contributed by atoms with Crippen molar-refractivity contribution in [2.45, 2.75) is 19.9 Å². The molecule has 1 heterocycles. The van der Waals surface area contributed by atoms with E-state index < -0.39 is 17.8 Å². The van der Waals surface area contributed by atoms with Crippen LogP contribution in [-0.4, -0.2) is 23.5 Å². The van der Waals surface area contributed by atoms with E-state index in [0.29, 0.717) is 39.8 Å². The lowest BCUT2D eigenvalue weighted by Crippen LogP contribution is -2.30. The van der Waals surface area contributed by atoms with Gasteiger partial charge in [-0.3, -0.25) is 9.59 Å². The smallest absolute Gasteiger partial charge is 0.255 e. The Labute approximate surface area is 196 Å². The van der Waals surface area contributed by atoms with Crippen LogP contribution in [0.1, 0.15) is 51.7 Å². The SMILES string of the molecule is CC(C)CNC(=O)c1ccc(O)c(C(NC(=O)c2coc3ccccc23)c2ccc(F)cc2)c1. The number of para-hydroxylation sites is 1. The molecule has 6 nitrogen and oxygen atoms in total. The molecule has 4 rings (SSSR count). The van der Waals surface area contributed by atoms with Crippen molar-refractivity contribution < 1.29 is 23.5 Å². The lowest BCUT2D eigenvalue weighted by Gasteiger charge is -2.21. The van der Waals surface area contributed by atoms with Crippen molar-refractivity contribution in [1.82, 2.24) is 10.6 Å². The van der Waals surface area contributed by atoms with Gasteiger partial charge in [-0.1, -0.05) is 44.2 Å². The summed E-state index contributed by atoms with van der Waals surface area (Å²) in [5.74, 6) is -0.988. The quantitative estimate of drug-likeness (QED) is 0.354. The van der Waals surface area contributed by atoms with E-state index in [1.54, 1.807) is 18.2 Å². The zero-order valence-electron chi connectivity index (χ0n) is 18.8. The molecular weight excluding hydrogens is 435 g/mol. The van der Waals surface area contributed by atoms with Gasteiger partial charge in [-0.05, 0) is 47.9 Å². The van der Waals surface area contributed by atoms with Gasteiger partial charge in [0, 0.05) is 23.1 Å². The van der Waals surface area contributed by atoms with Crippen LogP contribution in [-0.2, 0) is 0 Å². The van der Waals surface area contributed by atoms with E-state index >= 15 is 0 Å². The highest BCUT2D eigenvalue weighted by molar-refractivity contribution is 6.06. The predicted molar refractivity (Wildman–Crippen MR) is 127 cm³/mol. The fourth-order valence-electron chi connectivity index (χ4n) is 3.68. The van der Waals surface area contributed by atoms with Gasteiger partial charge in [0.05, 0.1) is 11.6 Å². The molecule has 0 fully saturated rings. The summed E-state index contributed by atoms with van der Waals surface area (Å²) in [6, 6.07) is 16.4. The van der Waals surface area contributed by atoms with Crippen LogP contribution in [0.2, 0.25) is 0 Å². The maximum absolute atomic E-state index is 13.6. The molecule has 2 amide bonds. The highest BCUT2D eigenvalue weighted by Crippen LogP contribution is 2.32. The number of benzene rings is 3. The van der Waals surface area contributed by atoms with Gasteiger partial charge >= 0.3 is 0 Å². The summed E-state index contributed by atoms with van der Waals surface area (Å²) in [5.41, 5.74) is 2.08. The number of aromatic hydroxyl groups is 1. The molecule has 0 aliphatic rings. The summed E-state index contributed by atoms with van der Waals surface area (Å²) in [7, 11) is 0. The summed E-state index contributed by atoms with van der Waals surface area (Å²) >= 11 is 0. The van der Waals surface area contributed by atoms with Crippen molar-refractivity contribution in [3.63, 3.8) is 0 Å². The minimum absolute atomic E-state index is 0.105. The van der Waals surface area contributed by atoms with Gasteiger partial charge < -0.3 is 20.2 Å². The van der Waals surface area contributed by atoms with Crippen molar-refractivity contribution >= 4 is 22.8 Å². The number of hydrogen-bond donors (Lipinski definition) is 3. The fraction of sp³-hybridized carbons (Fsp3) is 0.185. The molecule has 4 aromatic rings. The first-order valence-corrected chi connectivity index (χ1v) is 11.0. The maximum atomic E-state index is 13.6. The molecule has 34 heavy (non-hydrogen) atoms. The average Bonchev–Trinajstić information content (AvgIpc) is 3.26. The summed E-state index contributed by atoms with van der Waals surface area (Å²) in [5, 5.41) is 17.1. The van der Waals surface area contributed by atoms with E-state index in [-0.39, 0.29) is 17.6 Å². The van der Waals surface area contributed by atoms with Gasteiger partial charge in [-0.2, -0.15) is 0 Å². The van der Waals surface area contributed by atoms with Crippen LogP contribution >= 0.6 is 0 Å². The van der Waals surface area contributed by atoms with Gasteiger partial charge in [0.1, 0.15) is 23.4 Å². The Morgan fingerprint density at radius 3 is 2.47 bits per heavy atom. The van der Waals surface area contributed by atoms with E-state index in [0.717, 1.165) is 0 Å². The lowest BCUT2D eigenvalue weighted by atomic mass is 9.95. The number of rotatable bonds is 7. The number of phenols is 1. The second-order valence-electron chi connectivity index (χ2n) is 8.48. The highest BCUT2D eigenvalue weighted by atomic mass is 19.1. The summed E-state index contributed by atoms with van der Waals surface area (Å²) in [6.07, 6.45) is 1.37. The maximum Gasteiger partial charge on any atom is 0.255 e. The molecule has 0 aliphatic carbocycles. The van der Waals surface area contributed by atoms with Crippen molar-refractivity contribution in [3.8, 4) is 5.75 Å². The Kier molecular flexibility index (Phi) is 6.63. The number of amides is 2. The van der Waals surface area contributed by atoms with E-state index in [4.69, 9.17) is 4.42 Å². The first kappa shape index (κ1) is 23.0. The molecule has 174 valence electrons. The van der Waals surface area contributed by atoms with Crippen LogP contribution in [0.15, 0.2) is 77.4 Å². The number of carbonyl (C=O) groups excluding carboxylic acids is 2. The number of phenolic OH excluding ortho intramolecular Hbond substituents is 1. The molecule has 0 saturated heterocycles. The average molecular weight is 461 g/mol. The Morgan fingerprint density at radius 2 is 1.74 bits per heavy atom. The number of nitrogens with one attached hydrogen (secondary N) is 2. The highest BCUT2D eigenvalue weighted by Gasteiger charge is 2.24. The van der Waals surface area contributed by atoms with Gasteiger partial charge in [0.15, 0.2) is 0 Å². The van der Waals surface area contributed by atoms with Crippen LogP contribution < -0.4 is 10.6 Å². The standard InChI is InChI=1S/C27H25FN2O4/c1-16(2)14-29-26(32)18-9-12-23(31)21(13-18)25(17-7-10-19(28)11-8-17)30-27(33)22-15-34-24-6-4-3-5-20(22)24/h3-13,15-16,25,31H,14H2,1-2H3,(H,29,32)(H,30,33). The van der Waals surface area contributed by atoms with Crippen molar-refractivity contribution in [3.05, 3.63) is 101 Å². The second kappa shape index (κ2) is 9.79. The molecule has 1 aromatic heterocycles. The Balaban J connectivity index is 1.72. The first-order chi connectivity index (χ1) is 16.3. The largest absolute Gasteiger partial charge is 0.508 e. The number of carbonyl (C=O) groups is 2. The molecule has 0 saturated carbocycles. The third kappa shape index (κ3) is 4.93. The monoisotopic (exact) mass is 460 g/mol. The summed E-state index contributed by atoms with van der Waals surface area (Å²) in [4.78, 5) is 25.9. The second-order valence-corrected chi connectivity index (χ2v) is 8.48. The molecule has 3 aromatic carbocycles. The van der Waals surface area contributed by atoms with Gasteiger partial charge in [-0.25, -0.2) is 4.39 Å². The van der Waals surface area contributed by atoms with Gasteiger partial charge in [0.2, 0.25) is 0 Å². The zero-order chi connectivity index (χ0) is 24.2. The van der Waals surface area contributed by atoms with Crippen LogP contribution in [0.5, 0.6) is 5.75 Å². The van der Waals surface area contributed by atoms with E-state index in [9.17, 15) is 19.1 Å². The number of halogens is 1. The predicted octanol–water partition coefficient (Wildman–Crippen LogP) is 5.18. The third-order valence-electron chi connectivity index (χ3n) is 5.48. The Bertz CT molecular complexity index is 1330. The minimum Gasteiger partial charge on any atom is -0.508 e. The first-order valence-electron chi connectivity index (χ1n) is 11.0. The summed E-state index contributed by atoms with van der Waals surface area (Å²) < 4.78 is 19.1. The zero-order valence-corrected chi connectivity index (χ0v) is 18.8.